The van der Waals surface area contributed by atoms with Crippen LogP contribution in [0, 0.1) is 0 Å². The Balaban J connectivity index is 1.97. The van der Waals surface area contributed by atoms with Gasteiger partial charge in [0.1, 0.15) is 0 Å². The summed E-state index contributed by atoms with van der Waals surface area (Å²) in [5.41, 5.74) is 3.09. The van der Waals surface area contributed by atoms with Crippen LogP contribution in [-0.4, -0.2) is 26.6 Å². The highest BCUT2D eigenvalue weighted by molar-refractivity contribution is 7.89. The average Bonchev–Trinajstić information content (AvgIpc) is 2.73. The van der Waals surface area contributed by atoms with Gasteiger partial charge in [-0.3, -0.25) is 4.79 Å². The molecule has 1 aromatic rings. The number of amides is 1. The zero-order valence-electron chi connectivity index (χ0n) is 9.98. The number of rotatable bonds is 4. The lowest BCUT2D eigenvalue weighted by molar-refractivity contribution is 0.0956. The lowest BCUT2D eigenvalue weighted by Crippen LogP contribution is -2.31. The molecule has 1 aromatic carbocycles. The molecule has 3 N–H and O–H groups in total. The zero-order chi connectivity index (χ0) is 13.2. The number of hydrogen-bond donors (Lipinski definition) is 2. The first-order valence-electron chi connectivity index (χ1n) is 5.86. The molecule has 1 amide bonds. The van der Waals surface area contributed by atoms with Gasteiger partial charge in [-0.2, -0.15) is 0 Å². The number of primary sulfonamides is 1. The number of nitrogens with one attached hydrogen (secondary N) is 1. The van der Waals surface area contributed by atoms with Crippen LogP contribution in [0.4, 0.5) is 0 Å². The minimum Gasteiger partial charge on any atom is -0.351 e. The number of carbonyl (C=O) groups excluding carboxylic acids is 1. The molecule has 0 atom stereocenters. The van der Waals surface area contributed by atoms with Gasteiger partial charge in [-0.1, -0.05) is 6.07 Å². The molecule has 0 saturated carbocycles. The van der Waals surface area contributed by atoms with Crippen LogP contribution in [0.1, 0.15) is 27.9 Å². The van der Waals surface area contributed by atoms with Gasteiger partial charge in [-0.05, 0) is 42.5 Å². The molecule has 1 aliphatic carbocycles. The van der Waals surface area contributed by atoms with Crippen molar-refractivity contribution in [3.63, 3.8) is 0 Å². The number of benzene rings is 1. The van der Waals surface area contributed by atoms with E-state index in [9.17, 15) is 13.2 Å². The number of sulfonamides is 1. The monoisotopic (exact) mass is 268 g/mol. The third kappa shape index (κ3) is 3.30. The molecule has 0 aliphatic heterocycles. The van der Waals surface area contributed by atoms with Crippen molar-refractivity contribution in [3.05, 3.63) is 34.9 Å². The molecule has 5 nitrogen and oxygen atoms in total. The summed E-state index contributed by atoms with van der Waals surface area (Å²) in [7, 11) is -3.53. The maximum absolute atomic E-state index is 11.8. The summed E-state index contributed by atoms with van der Waals surface area (Å²) < 4.78 is 21.5. The number of hydrogen-bond acceptors (Lipinski definition) is 3. The maximum Gasteiger partial charge on any atom is 0.251 e. The first kappa shape index (κ1) is 13.0. The first-order chi connectivity index (χ1) is 8.46. The van der Waals surface area contributed by atoms with Crippen LogP contribution in [-0.2, 0) is 22.9 Å². The SMILES string of the molecule is NS(=O)(=O)CCNC(=O)c1ccc2c(c1)CCC2. The van der Waals surface area contributed by atoms with Crippen molar-refractivity contribution in [1.82, 2.24) is 5.32 Å². The van der Waals surface area contributed by atoms with E-state index in [1.54, 1.807) is 6.07 Å². The second-order valence-electron chi connectivity index (χ2n) is 4.46. The summed E-state index contributed by atoms with van der Waals surface area (Å²) in [4.78, 5) is 11.8. The molecule has 98 valence electrons. The van der Waals surface area contributed by atoms with E-state index in [0.29, 0.717) is 5.56 Å². The van der Waals surface area contributed by atoms with Gasteiger partial charge in [-0.25, -0.2) is 13.6 Å². The van der Waals surface area contributed by atoms with Gasteiger partial charge < -0.3 is 5.32 Å². The highest BCUT2D eigenvalue weighted by Crippen LogP contribution is 2.22. The van der Waals surface area contributed by atoms with Crippen molar-refractivity contribution in [2.45, 2.75) is 19.3 Å². The van der Waals surface area contributed by atoms with E-state index in [2.05, 4.69) is 5.32 Å². The topological polar surface area (TPSA) is 89.3 Å². The van der Waals surface area contributed by atoms with Crippen LogP contribution in [0.2, 0.25) is 0 Å². The largest absolute Gasteiger partial charge is 0.351 e. The predicted octanol–water partition coefficient (Wildman–Crippen LogP) is 0.194. The summed E-state index contributed by atoms with van der Waals surface area (Å²) in [6, 6.07) is 5.63. The fraction of sp³-hybridized carbons (Fsp3) is 0.417. The van der Waals surface area contributed by atoms with Gasteiger partial charge in [0, 0.05) is 12.1 Å². The highest BCUT2D eigenvalue weighted by atomic mass is 32.2. The van der Waals surface area contributed by atoms with Crippen LogP contribution >= 0.6 is 0 Å². The van der Waals surface area contributed by atoms with E-state index in [0.717, 1.165) is 19.3 Å². The van der Waals surface area contributed by atoms with Crippen molar-refractivity contribution in [2.75, 3.05) is 12.3 Å². The third-order valence-electron chi connectivity index (χ3n) is 3.03. The lowest BCUT2D eigenvalue weighted by atomic mass is 10.1. The van der Waals surface area contributed by atoms with E-state index < -0.39 is 10.0 Å². The predicted molar refractivity (Wildman–Crippen MR) is 68.8 cm³/mol. The Bertz CT molecular complexity index is 567. The van der Waals surface area contributed by atoms with Crippen LogP contribution in [0.3, 0.4) is 0 Å². The van der Waals surface area contributed by atoms with Crippen molar-refractivity contribution in [2.24, 2.45) is 5.14 Å². The van der Waals surface area contributed by atoms with E-state index in [1.165, 1.54) is 11.1 Å². The molecule has 0 unspecified atom stereocenters. The van der Waals surface area contributed by atoms with Crippen molar-refractivity contribution in [3.8, 4) is 0 Å². The van der Waals surface area contributed by atoms with Crippen LogP contribution in [0.25, 0.3) is 0 Å². The lowest BCUT2D eigenvalue weighted by Gasteiger charge is -2.06. The molecular formula is C12H16N2O3S. The third-order valence-corrected chi connectivity index (χ3v) is 3.81. The normalized spacial score (nSPS) is 14.3. The minimum atomic E-state index is -3.53. The summed E-state index contributed by atoms with van der Waals surface area (Å²) in [6.07, 6.45) is 3.21. The highest BCUT2D eigenvalue weighted by Gasteiger charge is 2.14. The van der Waals surface area contributed by atoms with E-state index >= 15 is 0 Å². The van der Waals surface area contributed by atoms with E-state index in [4.69, 9.17) is 5.14 Å². The Morgan fingerprint density at radius 3 is 2.72 bits per heavy atom. The molecule has 0 radical (unpaired) electrons. The van der Waals surface area contributed by atoms with Crippen molar-refractivity contribution >= 4 is 15.9 Å². The minimum absolute atomic E-state index is 0.0365. The summed E-state index contributed by atoms with van der Waals surface area (Å²) >= 11 is 0. The van der Waals surface area contributed by atoms with Crippen molar-refractivity contribution in [1.29, 1.82) is 0 Å². The Kier molecular flexibility index (Phi) is 3.68. The van der Waals surface area contributed by atoms with Gasteiger partial charge in [0.15, 0.2) is 0 Å². The van der Waals surface area contributed by atoms with Crippen LogP contribution in [0.15, 0.2) is 18.2 Å². The molecule has 1 aliphatic rings. The molecule has 0 bridgehead atoms. The quantitative estimate of drug-likeness (QED) is 0.817. The standard InChI is InChI=1S/C12H16N2O3S/c13-18(16,17)7-6-14-12(15)11-5-4-9-2-1-3-10(9)8-11/h4-5,8H,1-3,6-7H2,(H,14,15)(H2,13,16,17). The zero-order valence-corrected chi connectivity index (χ0v) is 10.8. The summed E-state index contributed by atoms with van der Waals surface area (Å²) in [5, 5.41) is 7.40. The van der Waals surface area contributed by atoms with E-state index in [1.807, 2.05) is 12.1 Å². The number of fused-ring (bicyclic) bond motifs is 1. The van der Waals surface area contributed by atoms with Gasteiger partial charge in [0.05, 0.1) is 5.75 Å². The van der Waals surface area contributed by atoms with Crippen molar-refractivity contribution < 1.29 is 13.2 Å². The molecular weight excluding hydrogens is 252 g/mol. The Labute approximate surface area is 106 Å². The number of carbonyl (C=O) groups is 1. The first-order valence-corrected chi connectivity index (χ1v) is 7.58. The van der Waals surface area contributed by atoms with Gasteiger partial charge in [0.2, 0.25) is 10.0 Å². The molecule has 0 heterocycles. The molecule has 6 heteroatoms. The van der Waals surface area contributed by atoms with Crippen LogP contribution in [0.5, 0.6) is 0 Å². The summed E-state index contributed by atoms with van der Waals surface area (Å²) in [6.45, 7) is 0.0365. The Morgan fingerprint density at radius 1 is 1.28 bits per heavy atom. The van der Waals surface area contributed by atoms with Gasteiger partial charge >= 0.3 is 0 Å². The number of aryl methyl sites for hydroxylation is 2. The molecule has 0 spiro atoms. The second kappa shape index (κ2) is 5.07. The summed E-state index contributed by atoms with van der Waals surface area (Å²) in [5.74, 6) is -0.503. The molecule has 0 saturated heterocycles. The van der Waals surface area contributed by atoms with E-state index in [-0.39, 0.29) is 18.2 Å². The fourth-order valence-electron chi connectivity index (χ4n) is 2.12. The molecule has 18 heavy (non-hydrogen) atoms. The maximum atomic E-state index is 11.8. The Morgan fingerprint density at radius 2 is 2.00 bits per heavy atom. The second-order valence-corrected chi connectivity index (χ2v) is 6.19. The average molecular weight is 268 g/mol. The number of nitrogens with two attached hydrogens (primary N) is 1. The van der Waals surface area contributed by atoms with Crippen LogP contribution < -0.4 is 10.5 Å². The Hall–Kier alpha value is -1.40. The smallest absolute Gasteiger partial charge is 0.251 e. The van der Waals surface area contributed by atoms with Gasteiger partial charge in [0.25, 0.3) is 5.91 Å². The van der Waals surface area contributed by atoms with Gasteiger partial charge in [-0.15, -0.1) is 0 Å². The molecule has 0 fully saturated rings. The molecule has 0 aromatic heterocycles. The fourth-order valence-corrected chi connectivity index (χ4v) is 2.51. The molecule has 2 rings (SSSR count).